The molecule has 0 N–H and O–H groups in total. The lowest BCUT2D eigenvalue weighted by Gasteiger charge is -2.20. The average Bonchev–Trinajstić information content (AvgIpc) is 3.17. The molecule has 3 rings (SSSR count). The van der Waals surface area contributed by atoms with Crippen molar-refractivity contribution in [3.05, 3.63) is 65.8 Å². The van der Waals surface area contributed by atoms with Gasteiger partial charge in [-0.2, -0.15) is 0 Å². The van der Waals surface area contributed by atoms with Gasteiger partial charge in [0.25, 0.3) is 5.91 Å². The Labute approximate surface area is 161 Å². The maximum absolute atomic E-state index is 12.3. The van der Waals surface area contributed by atoms with Crippen molar-refractivity contribution in [1.29, 1.82) is 0 Å². The van der Waals surface area contributed by atoms with E-state index in [1.165, 1.54) is 11.3 Å². The molecule has 0 spiro atoms. The van der Waals surface area contributed by atoms with Crippen LogP contribution in [0.3, 0.4) is 0 Å². The van der Waals surface area contributed by atoms with Crippen LogP contribution in [0, 0.1) is 0 Å². The molecule has 6 nitrogen and oxygen atoms in total. The maximum atomic E-state index is 12.3. The summed E-state index contributed by atoms with van der Waals surface area (Å²) in [6, 6.07) is 14.9. The molecule has 1 amide bonds. The number of ether oxygens (including phenoxy) is 1. The highest BCUT2D eigenvalue weighted by molar-refractivity contribution is 7.13. The number of nitrogens with zero attached hydrogens (tertiary/aromatic N) is 3. The molecule has 138 valence electrons. The van der Waals surface area contributed by atoms with Crippen molar-refractivity contribution in [3.8, 4) is 10.7 Å². The molecule has 0 unspecified atom stereocenters. The molecule has 0 bridgehead atoms. The predicted octanol–water partition coefficient (Wildman–Crippen LogP) is 3.34. The van der Waals surface area contributed by atoms with E-state index in [9.17, 15) is 9.59 Å². The second-order valence-corrected chi connectivity index (χ2v) is 6.53. The van der Waals surface area contributed by atoms with Crippen molar-refractivity contribution in [2.75, 3.05) is 18.1 Å². The second-order valence-electron chi connectivity index (χ2n) is 5.67. The van der Waals surface area contributed by atoms with Gasteiger partial charge in [-0.3, -0.25) is 14.6 Å². The van der Waals surface area contributed by atoms with Gasteiger partial charge < -0.3 is 9.64 Å². The number of hydrogen-bond donors (Lipinski definition) is 0. The van der Waals surface area contributed by atoms with Gasteiger partial charge in [0, 0.05) is 23.8 Å². The fourth-order valence-corrected chi connectivity index (χ4v) is 3.32. The van der Waals surface area contributed by atoms with Gasteiger partial charge in [0.1, 0.15) is 5.01 Å². The Bertz CT molecular complexity index is 897. The molecule has 0 saturated carbocycles. The standard InChI is InChI=1S/C20H19N3O3S/c1-2-23(16-8-4-3-5-9-16)18(24)13-26-19(25)12-15-14-27-20(22-15)17-10-6-7-11-21-17/h3-11,14H,2,12-13H2,1H3. The first-order valence-electron chi connectivity index (χ1n) is 8.54. The zero-order chi connectivity index (χ0) is 19.1. The molecule has 0 aliphatic rings. The summed E-state index contributed by atoms with van der Waals surface area (Å²) < 4.78 is 5.15. The first kappa shape index (κ1) is 18.7. The van der Waals surface area contributed by atoms with E-state index >= 15 is 0 Å². The molecule has 27 heavy (non-hydrogen) atoms. The minimum Gasteiger partial charge on any atom is -0.455 e. The Balaban J connectivity index is 1.54. The number of pyridine rings is 1. The van der Waals surface area contributed by atoms with Gasteiger partial charge in [-0.15, -0.1) is 11.3 Å². The molecule has 0 aliphatic carbocycles. The lowest BCUT2D eigenvalue weighted by atomic mass is 10.3. The summed E-state index contributed by atoms with van der Waals surface area (Å²) in [6.45, 7) is 2.08. The second kappa shape index (κ2) is 9.05. The number of carbonyl (C=O) groups excluding carboxylic acids is 2. The fourth-order valence-electron chi connectivity index (χ4n) is 2.53. The molecular formula is C20H19N3O3S. The number of para-hydroxylation sites is 1. The van der Waals surface area contributed by atoms with E-state index < -0.39 is 5.97 Å². The van der Waals surface area contributed by atoms with Crippen LogP contribution in [0.2, 0.25) is 0 Å². The van der Waals surface area contributed by atoms with E-state index in [0.29, 0.717) is 12.2 Å². The van der Waals surface area contributed by atoms with E-state index in [-0.39, 0.29) is 18.9 Å². The van der Waals surface area contributed by atoms with Crippen molar-refractivity contribution >= 4 is 28.9 Å². The van der Waals surface area contributed by atoms with Gasteiger partial charge in [-0.1, -0.05) is 24.3 Å². The van der Waals surface area contributed by atoms with Crippen LogP contribution in [-0.4, -0.2) is 35.0 Å². The molecule has 1 aromatic carbocycles. The SMILES string of the molecule is CCN(C(=O)COC(=O)Cc1csc(-c2ccccn2)n1)c1ccccc1. The van der Waals surface area contributed by atoms with Crippen LogP contribution >= 0.6 is 11.3 Å². The topological polar surface area (TPSA) is 72.4 Å². The smallest absolute Gasteiger partial charge is 0.312 e. The Morgan fingerprint density at radius 1 is 1.11 bits per heavy atom. The number of rotatable bonds is 7. The average molecular weight is 381 g/mol. The first-order valence-corrected chi connectivity index (χ1v) is 9.42. The predicted molar refractivity (Wildman–Crippen MR) is 104 cm³/mol. The fraction of sp³-hybridized carbons (Fsp3) is 0.200. The minimum absolute atomic E-state index is 0.0219. The molecule has 7 heteroatoms. The Kier molecular flexibility index (Phi) is 6.27. The number of thiazole rings is 1. The minimum atomic E-state index is -0.481. The Morgan fingerprint density at radius 3 is 2.59 bits per heavy atom. The highest BCUT2D eigenvalue weighted by Crippen LogP contribution is 2.21. The largest absolute Gasteiger partial charge is 0.455 e. The number of anilines is 1. The number of likely N-dealkylation sites (N-methyl/N-ethyl adjacent to an activating group) is 1. The number of carbonyl (C=O) groups is 2. The number of hydrogen-bond acceptors (Lipinski definition) is 6. The van der Waals surface area contributed by atoms with Crippen molar-refractivity contribution < 1.29 is 14.3 Å². The van der Waals surface area contributed by atoms with Crippen LogP contribution in [0.1, 0.15) is 12.6 Å². The van der Waals surface area contributed by atoms with E-state index in [1.54, 1.807) is 16.5 Å². The summed E-state index contributed by atoms with van der Waals surface area (Å²) in [5.74, 6) is -0.741. The highest BCUT2D eigenvalue weighted by atomic mass is 32.1. The van der Waals surface area contributed by atoms with E-state index in [0.717, 1.165) is 16.4 Å². The molecule has 0 radical (unpaired) electrons. The molecule has 3 aromatic rings. The van der Waals surface area contributed by atoms with Crippen LogP contribution in [0.5, 0.6) is 0 Å². The molecule has 2 heterocycles. The summed E-state index contributed by atoms with van der Waals surface area (Å²) in [5, 5.41) is 2.55. The number of amides is 1. The maximum Gasteiger partial charge on any atom is 0.312 e. The van der Waals surface area contributed by atoms with Crippen molar-refractivity contribution in [1.82, 2.24) is 9.97 Å². The van der Waals surface area contributed by atoms with Gasteiger partial charge in [0.15, 0.2) is 6.61 Å². The summed E-state index contributed by atoms with van der Waals surface area (Å²) in [4.78, 5) is 34.6. The molecule has 0 atom stereocenters. The van der Waals surface area contributed by atoms with Crippen molar-refractivity contribution in [3.63, 3.8) is 0 Å². The van der Waals surface area contributed by atoms with Crippen LogP contribution in [0.25, 0.3) is 10.7 Å². The van der Waals surface area contributed by atoms with Gasteiger partial charge in [-0.25, -0.2) is 4.98 Å². The van der Waals surface area contributed by atoms with Gasteiger partial charge in [0.05, 0.1) is 17.8 Å². The summed E-state index contributed by atoms with van der Waals surface area (Å²) >= 11 is 1.42. The Morgan fingerprint density at radius 2 is 1.89 bits per heavy atom. The number of benzene rings is 1. The molecule has 2 aromatic heterocycles. The van der Waals surface area contributed by atoms with Crippen LogP contribution in [0.4, 0.5) is 5.69 Å². The quantitative estimate of drug-likeness (QED) is 0.587. The number of esters is 1. The zero-order valence-electron chi connectivity index (χ0n) is 14.9. The monoisotopic (exact) mass is 381 g/mol. The van der Waals surface area contributed by atoms with Gasteiger partial charge >= 0.3 is 5.97 Å². The lowest BCUT2D eigenvalue weighted by molar-refractivity contribution is -0.147. The highest BCUT2D eigenvalue weighted by Gasteiger charge is 2.17. The van der Waals surface area contributed by atoms with Crippen molar-refractivity contribution in [2.24, 2.45) is 0 Å². The molecule has 0 aliphatic heterocycles. The summed E-state index contributed by atoms with van der Waals surface area (Å²) in [7, 11) is 0. The molecular weight excluding hydrogens is 362 g/mol. The van der Waals surface area contributed by atoms with Gasteiger partial charge in [-0.05, 0) is 31.2 Å². The van der Waals surface area contributed by atoms with Crippen molar-refractivity contribution in [2.45, 2.75) is 13.3 Å². The molecule has 0 fully saturated rings. The third kappa shape index (κ3) is 4.98. The van der Waals surface area contributed by atoms with E-state index in [2.05, 4.69) is 9.97 Å². The summed E-state index contributed by atoms with van der Waals surface area (Å²) in [6.07, 6.45) is 1.72. The number of aromatic nitrogens is 2. The first-order chi connectivity index (χ1) is 13.2. The third-order valence-corrected chi connectivity index (χ3v) is 4.72. The van der Waals surface area contributed by atoms with E-state index in [1.807, 2.05) is 55.5 Å². The normalized spacial score (nSPS) is 10.4. The van der Waals surface area contributed by atoms with Crippen LogP contribution in [-0.2, 0) is 20.7 Å². The summed E-state index contributed by atoms with van der Waals surface area (Å²) in [5.41, 5.74) is 2.15. The van der Waals surface area contributed by atoms with Crippen LogP contribution < -0.4 is 4.90 Å². The third-order valence-electron chi connectivity index (χ3n) is 3.80. The van der Waals surface area contributed by atoms with E-state index in [4.69, 9.17) is 4.74 Å². The van der Waals surface area contributed by atoms with Crippen LogP contribution in [0.15, 0.2) is 60.1 Å². The molecule has 0 saturated heterocycles. The Hall–Kier alpha value is -3.06. The van der Waals surface area contributed by atoms with Gasteiger partial charge in [0.2, 0.25) is 0 Å². The lowest BCUT2D eigenvalue weighted by Crippen LogP contribution is -2.34. The zero-order valence-corrected chi connectivity index (χ0v) is 15.7.